The Balaban J connectivity index is 2.45. The number of hydrogen-bond donors (Lipinski definition) is 0. The van der Waals surface area contributed by atoms with E-state index >= 15 is 0 Å². The normalized spacial score (nSPS) is 38.6. The number of allylic oxidation sites excluding steroid dienone is 1. The van der Waals surface area contributed by atoms with Gasteiger partial charge in [0.15, 0.2) is 0 Å². The van der Waals surface area contributed by atoms with Crippen molar-refractivity contribution in [1.82, 2.24) is 0 Å². The predicted molar refractivity (Wildman–Crippen MR) is 62.4 cm³/mol. The zero-order valence-electron chi connectivity index (χ0n) is 9.84. The summed E-state index contributed by atoms with van der Waals surface area (Å²) in [6.45, 7) is 8.56. The first-order chi connectivity index (χ1) is 6.69. The first-order valence-corrected chi connectivity index (χ1v) is 7.61. The summed E-state index contributed by atoms with van der Waals surface area (Å²) in [7, 11) is -2.92. The molecule has 0 N–H and O–H groups in total. The SMILES string of the molecule is C=C1CC2CCC1(CS(C)(=O)=O)C2(C)C. The fourth-order valence-corrected chi connectivity index (χ4v) is 5.40. The minimum Gasteiger partial charge on any atom is -0.229 e. The predicted octanol–water partition coefficient (Wildman–Crippen LogP) is 2.41. The van der Waals surface area contributed by atoms with Crippen molar-refractivity contribution in [2.45, 2.75) is 33.1 Å². The molecule has 2 aliphatic carbocycles. The summed E-state index contributed by atoms with van der Waals surface area (Å²) in [6, 6.07) is 0. The lowest BCUT2D eigenvalue weighted by Crippen LogP contribution is -2.37. The van der Waals surface area contributed by atoms with Crippen LogP contribution in [0.1, 0.15) is 33.1 Å². The van der Waals surface area contributed by atoms with E-state index in [4.69, 9.17) is 0 Å². The molecule has 0 amide bonds. The molecule has 0 heterocycles. The molecule has 2 aliphatic rings. The molecular weight excluding hydrogens is 208 g/mol. The first kappa shape index (κ1) is 11.2. The molecule has 86 valence electrons. The van der Waals surface area contributed by atoms with Crippen LogP contribution in [0.15, 0.2) is 12.2 Å². The van der Waals surface area contributed by atoms with Crippen molar-refractivity contribution in [3.63, 3.8) is 0 Å². The van der Waals surface area contributed by atoms with Crippen molar-refractivity contribution >= 4 is 9.84 Å². The van der Waals surface area contributed by atoms with Crippen LogP contribution in [0.5, 0.6) is 0 Å². The molecule has 2 atom stereocenters. The van der Waals surface area contributed by atoms with Crippen molar-refractivity contribution < 1.29 is 8.42 Å². The van der Waals surface area contributed by atoms with E-state index in [1.807, 2.05) is 0 Å². The molecule has 2 bridgehead atoms. The Morgan fingerprint density at radius 1 is 1.47 bits per heavy atom. The standard InChI is InChI=1S/C12H20O2S/c1-9-7-10-5-6-12(9,11(10,2)3)8-15(4,13)14/h10H,1,5-8H2,2-4H3. The maximum atomic E-state index is 11.6. The molecular formula is C12H20O2S. The van der Waals surface area contributed by atoms with Crippen molar-refractivity contribution in [2.75, 3.05) is 12.0 Å². The van der Waals surface area contributed by atoms with Crippen LogP contribution < -0.4 is 0 Å². The van der Waals surface area contributed by atoms with Crippen molar-refractivity contribution in [1.29, 1.82) is 0 Å². The third-order valence-electron chi connectivity index (χ3n) is 4.85. The van der Waals surface area contributed by atoms with Crippen molar-refractivity contribution in [3.8, 4) is 0 Å². The molecule has 0 aliphatic heterocycles. The van der Waals surface area contributed by atoms with Gasteiger partial charge in [-0.1, -0.05) is 26.0 Å². The molecule has 0 spiro atoms. The highest BCUT2D eigenvalue weighted by Gasteiger charge is 2.61. The Labute approximate surface area is 92.7 Å². The average molecular weight is 228 g/mol. The molecule has 2 fully saturated rings. The zero-order chi connectivity index (χ0) is 11.5. The van der Waals surface area contributed by atoms with Crippen LogP contribution in [-0.2, 0) is 9.84 Å². The van der Waals surface area contributed by atoms with Gasteiger partial charge >= 0.3 is 0 Å². The Morgan fingerprint density at radius 2 is 2.07 bits per heavy atom. The summed E-state index contributed by atoms with van der Waals surface area (Å²) >= 11 is 0. The Kier molecular flexibility index (Phi) is 2.14. The molecule has 0 aromatic heterocycles. The summed E-state index contributed by atoms with van der Waals surface area (Å²) in [5.41, 5.74) is 1.16. The van der Waals surface area contributed by atoms with Crippen LogP contribution in [0.4, 0.5) is 0 Å². The van der Waals surface area contributed by atoms with E-state index in [0.29, 0.717) is 11.7 Å². The molecule has 2 nitrogen and oxygen atoms in total. The van der Waals surface area contributed by atoms with Gasteiger partial charge in [0.05, 0.1) is 5.75 Å². The van der Waals surface area contributed by atoms with Gasteiger partial charge in [-0.3, -0.25) is 0 Å². The first-order valence-electron chi connectivity index (χ1n) is 5.55. The maximum absolute atomic E-state index is 11.6. The molecule has 0 radical (unpaired) electrons. The van der Waals surface area contributed by atoms with Gasteiger partial charge in [0, 0.05) is 11.7 Å². The van der Waals surface area contributed by atoms with Gasteiger partial charge in [0.2, 0.25) is 0 Å². The smallest absolute Gasteiger partial charge is 0.148 e. The molecule has 0 saturated heterocycles. The van der Waals surface area contributed by atoms with E-state index in [9.17, 15) is 8.42 Å². The lowest BCUT2D eigenvalue weighted by Gasteiger charge is -2.38. The second kappa shape index (κ2) is 2.88. The Morgan fingerprint density at radius 3 is 2.40 bits per heavy atom. The fraction of sp³-hybridized carbons (Fsp3) is 0.833. The largest absolute Gasteiger partial charge is 0.229 e. The molecule has 2 unspecified atom stereocenters. The average Bonchev–Trinajstić information content (AvgIpc) is 2.34. The topological polar surface area (TPSA) is 34.1 Å². The number of sulfone groups is 1. The van der Waals surface area contributed by atoms with Crippen LogP contribution in [0, 0.1) is 16.7 Å². The third kappa shape index (κ3) is 1.39. The quantitative estimate of drug-likeness (QED) is 0.680. The van der Waals surface area contributed by atoms with Gasteiger partial charge in [0.1, 0.15) is 9.84 Å². The van der Waals surface area contributed by atoms with E-state index in [1.54, 1.807) is 0 Å². The number of rotatable bonds is 2. The fourth-order valence-electron chi connectivity index (χ4n) is 3.78. The highest BCUT2D eigenvalue weighted by atomic mass is 32.2. The summed E-state index contributed by atoms with van der Waals surface area (Å²) in [5.74, 6) is 0.939. The van der Waals surface area contributed by atoms with E-state index < -0.39 is 9.84 Å². The lowest BCUT2D eigenvalue weighted by molar-refractivity contribution is 0.182. The second-order valence-corrected chi connectivity index (χ2v) is 8.06. The Bertz CT molecular complexity index is 405. The number of fused-ring (bicyclic) bond motifs is 2. The Hall–Kier alpha value is -0.310. The van der Waals surface area contributed by atoms with Crippen LogP contribution in [0.25, 0.3) is 0 Å². The molecule has 2 rings (SSSR count). The van der Waals surface area contributed by atoms with Crippen molar-refractivity contribution in [2.24, 2.45) is 16.7 Å². The summed E-state index contributed by atoms with van der Waals surface area (Å²) in [4.78, 5) is 0. The second-order valence-electron chi connectivity index (χ2n) is 5.92. The van der Waals surface area contributed by atoms with Gasteiger partial charge < -0.3 is 0 Å². The highest BCUT2D eigenvalue weighted by Crippen LogP contribution is 2.68. The van der Waals surface area contributed by atoms with Gasteiger partial charge in [-0.2, -0.15) is 0 Å². The van der Waals surface area contributed by atoms with Gasteiger partial charge in [-0.05, 0) is 30.6 Å². The minimum atomic E-state index is -2.92. The number of hydrogen-bond acceptors (Lipinski definition) is 2. The van der Waals surface area contributed by atoms with Crippen LogP contribution in [0.3, 0.4) is 0 Å². The van der Waals surface area contributed by atoms with Crippen LogP contribution >= 0.6 is 0 Å². The zero-order valence-corrected chi connectivity index (χ0v) is 10.7. The highest BCUT2D eigenvalue weighted by molar-refractivity contribution is 7.90. The van der Waals surface area contributed by atoms with Crippen LogP contribution in [0.2, 0.25) is 0 Å². The van der Waals surface area contributed by atoms with Crippen molar-refractivity contribution in [3.05, 3.63) is 12.2 Å². The van der Waals surface area contributed by atoms with Gasteiger partial charge in [0.25, 0.3) is 0 Å². The van der Waals surface area contributed by atoms with Gasteiger partial charge in [-0.15, -0.1) is 0 Å². The molecule has 0 aromatic carbocycles. The van der Waals surface area contributed by atoms with E-state index in [0.717, 1.165) is 12.8 Å². The summed E-state index contributed by atoms with van der Waals surface area (Å²) < 4.78 is 23.1. The molecule has 15 heavy (non-hydrogen) atoms. The molecule has 3 heteroatoms. The monoisotopic (exact) mass is 228 g/mol. The summed E-state index contributed by atoms with van der Waals surface area (Å²) in [5, 5.41) is 0. The molecule has 2 saturated carbocycles. The molecule has 0 aromatic rings. The van der Waals surface area contributed by atoms with E-state index in [-0.39, 0.29) is 10.8 Å². The van der Waals surface area contributed by atoms with E-state index in [2.05, 4.69) is 20.4 Å². The minimum absolute atomic E-state index is 0.118. The van der Waals surface area contributed by atoms with Gasteiger partial charge in [-0.25, -0.2) is 8.42 Å². The maximum Gasteiger partial charge on any atom is 0.148 e. The van der Waals surface area contributed by atoms with E-state index in [1.165, 1.54) is 18.2 Å². The third-order valence-corrected chi connectivity index (χ3v) is 5.87. The lowest BCUT2D eigenvalue weighted by atomic mass is 9.69. The van der Waals surface area contributed by atoms with Crippen LogP contribution in [-0.4, -0.2) is 20.4 Å². The summed E-state index contributed by atoms with van der Waals surface area (Å²) in [6.07, 6.45) is 4.55.